The number of nitrogens with zero attached hydrogens (tertiary/aromatic N) is 1. The third kappa shape index (κ3) is 0.512. The van der Waals surface area contributed by atoms with Crippen molar-refractivity contribution in [3.8, 4) is 0 Å². The Morgan fingerprint density at radius 3 is 2.92 bits per heavy atom. The first-order valence-corrected chi connectivity index (χ1v) is 6.19. The van der Waals surface area contributed by atoms with Crippen molar-refractivity contribution in [3.05, 3.63) is 0 Å². The molecule has 2 saturated heterocycles. The molecule has 0 aromatic rings. The van der Waals surface area contributed by atoms with Gasteiger partial charge in [-0.05, 0) is 42.5 Å². The van der Waals surface area contributed by atoms with Crippen LogP contribution in [-0.4, -0.2) is 15.9 Å². The Kier molecular flexibility index (Phi) is 0.987. The zero-order valence-corrected chi connectivity index (χ0v) is 8.99. The Hall–Kier alpha value is 0.270. The van der Waals surface area contributed by atoms with Gasteiger partial charge in [-0.3, -0.25) is 4.84 Å². The van der Waals surface area contributed by atoms with Crippen LogP contribution < -0.4 is 0 Å². The molecule has 2 bridgehead atoms. The first-order chi connectivity index (χ1) is 6.12. The lowest BCUT2D eigenvalue weighted by atomic mass is 9.68. The van der Waals surface area contributed by atoms with Gasteiger partial charge in [-0.2, -0.15) is 0 Å². The Morgan fingerprint density at radius 2 is 2.31 bits per heavy atom. The highest BCUT2D eigenvalue weighted by Crippen LogP contribution is 2.81. The van der Waals surface area contributed by atoms with E-state index in [4.69, 9.17) is 4.84 Å². The van der Waals surface area contributed by atoms with Crippen LogP contribution >= 0.6 is 11.9 Å². The van der Waals surface area contributed by atoms with Gasteiger partial charge in [0.05, 0.1) is 0 Å². The van der Waals surface area contributed by atoms with Gasteiger partial charge in [-0.1, -0.05) is 18.3 Å². The van der Waals surface area contributed by atoms with Gasteiger partial charge < -0.3 is 0 Å². The standard InChI is InChI=1S/C10H15NOS/c1-8(2)7-3-4-9(8)6-13-11-10(9,5-7)12-11/h7H,3-6H2,1-2H3. The average Bonchev–Trinajstić information content (AvgIpc) is 2.53. The quantitative estimate of drug-likeness (QED) is 0.438. The van der Waals surface area contributed by atoms with Crippen LogP contribution in [0.25, 0.3) is 0 Å². The molecule has 2 heterocycles. The monoisotopic (exact) mass is 197 g/mol. The zero-order chi connectivity index (χ0) is 8.90. The fraction of sp³-hybridized carbons (Fsp3) is 1.00. The maximum absolute atomic E-state index is 5.82. The number of hydrogen-bond acceptors (Lipinski definition) is 3. The molecule has 4 atom stereocenters. The van der Waals surface area contributed by atoms with Gasteiger partial charge in [0.2, 0.25) is 0 Å². The van der Waals surface area contributed by atoms with Crippen molar-refractivity contribution in [3.63, 3.8) is 0 Å². The highest BCUT2D eigenvalue weighted by molar-refractivity contribution is 7.97. The second-order valence-electron chi connectivity index (χ2n) is 5.65. The van der Waals surface area contributed by atoms with Crippen molar-refractivity contribution in [1.29, 1.82) is 0 Å². The van der Waals surface area contributed by atoms with Crippen LogP contribution in [0, 0.1) is 16.7 Å². The Bertz CT molecular complexity index is 297. The summed E-state index contributed by atoms with van der Waals surface area (Å²) >= 11 is 1.92. The van der Waals surface area contributed by atoms with Crippen LogP contribution in [0.2, 0.25) is 0 Å². The van der Waals surface area contributed by atoms with E-state index in [1.165, 1.54) is 25.0 Å². The summed E-state index contributed by atoms with van der Waals surface area (Å²) in [6.07, 6.45) is 4.13. The summed E-state index contributed by atoms with van der Waals surface area (Å²) in [5.74, 6) is 2.22. The summed E-state index contributed by atoms with van der Waals surface area (Å²) in [5, 5.41) is 0. The van der Waals surface area contributed by atoms with E-state index < -0.39 is 0 Å². The molecule has 3 heteroatoms. The van der Waals surface area contributed by atoms with Gasteiger partial charge in [0.15, 0.2) is 5.72 Å². The first-order valence-electron chi connectivity index (χ1n) is 5.25. The van der Waals surface area contributed by atoms with E-state index in [1.807, 2.05) is 11.9 Å². The minimum atomic E-state index is 0.198. The van der Waals surface area contributed by atoms with E-state index in [9.17, 15) is 0 Å². The van der Waals surface area contributed by atoms with Gasteiger partial charge >= 0.3 is 0 Å². The number of rotatable bonds is 0. The minimum absolute atomic E-state index is 0.198. The molecular weight excluding hydrogens is 182 g/mol. The molecule has 4 aliphatic rings. The lowest BCUT2D eigenvalue weighted by molar-refractivity contribution is 0.0749. The molecule has 4 rings (SSSR count). The molecular formula is C10H15NOS. The highest BCUT2D eigenvalue weighted by atomic mass is 32.2. The van der Waals surface area contributed by atoms with Crippen LogP contribution in [0.3, 0.4) is 0 Å². The average molecular weight is 197 g/mol. The fourth-order valence-corrected chi connectivity index (χ4v) is 5.95. The molecule has 0 N–H and O–H groups in total. The van der Waals surface area contributed by atoms with Gasteiger partial charge in [0.1, 0.15) is 0 Å². The summed E-state index contributed by atoms with van der Waals surface area (Å²) in [6.45, 7) is 4.93. The minimum Gasteiger partial charge on any atom is -0.259 e. The summed E-state index contributed by atoms with van der Waals surface area (Å²) < 4.78 is 2.19. The summed E-state index contributed by atoms with van der Waals surface area (Å²) in [5.41, 5.74) is 1.21. The lowest BCUT2D eigenvalue weighted by Gasteiger charge is -2.36. The molecule has 2 spiro atoms. The molecule has 2 saturated carbocycles. The largest absolute Gasteiger partial charge is 0.259 e. The maximum Gasteiger partial charge on any atom is 0.184 e. The van der Waals surface area contributed by atoms with E-state index in [-0.39, 0.29) is 5.72 Å². The van der Waals surface area contributed by atoms with Gasteiger partial charge in [-0.25, -0.2) is 0 Å². The van der Waals surface area contributed by atoms with Crippen LogP contribution in [0.5, 0.6) is 0 Å². The normalized spacial score (nSPS) is 65.1. The predicted molar refractivity (Wildman–Crippen MR) is 51.7 cm³/mol. The number of hydrogen-bond donors (Lipinski definition) is 0. The van der Waals surface area contributed by atoms with Crippen molar-refractivity contribution in [2.75, 3.05) is 5.75 Å². The summed E-state index contributed by atoms with van der Waals surface area (Å²) in [6, 6.07) is 0. The molecule has 2 aliphatic heterocycles. The van der Waals surface area contributed by atoms with Crippen LogP contribution in [0.1, 0.15) is 33.1 Å². The molecule has 0 aromatic heterocycles. The van der Waals surface area contributed by atoms with Crippen molar-refractivity contribution in [1.82, 2.24) is 4.47 Å². The maximum atomic E-state index is 5.82. The van der Waals surface area contributed by atoms with E-state index in [1.54, 1.807) is 0 Å². The third-order valence-electron chi connectivity index (χ3n) is 5.37. The van der Waals surface area contributed by atoms with E-state index in [2.05, 4.69) is 18.3 Å². The number of fused-ring (bicyclic) bond motifs is 1. The zero-order valence-electron chi connectivity index (χ0n) is 8.17. The van der Waals surface area contributed by atoms with Gasteiger partial charge in [-0.15, -0.1) is 0 Å². The smallest absolute Gasteiger partial charge is 0.184 e. The molecule has 4 fully saturated rings. The molecule has 0 amide bonds. The van der Waals surface area contributed by atoms with E-state index in [0.717, 1.165) is 5.92 Å². The SMILES string of the molecule is CC1(C)C2CCC13CSN1OC13C2. The van der Waals surface area contributed by atoms with E-state index in [0.29, 0.717) is 10.8 Å². The molecule has 0 radical (unpaired) electrons. The second kappa shape index (κ2) is 1.70. The van der Waals surface area contributed by atoms with E-state index >= 15 is 0 Å². The van der Waals surface area contributed by atoms with Crippen LogP contribution in [-0.2, 0) is 4.84 Å². The first kappa shape index (κ1) is 7.55. The van der Waals surface area contributed by atoms with Crippen molar-refractivity contribution in [2.24, 2.45) is 16.7 Å². The van der Waals surface area contributed by atoms with Gasteiger partial charge in [0, 0.05) is 11.2 Å². The number of hydroxylamine groups is 1. The second-order valence-corrected chi connectivity index (χ2v) is 6.53. The molecule has 13 heavy (non-hydrogen) atoms. The molecule has 0 aromatic carbocycles. The van der Waals surface area contributed by atoms with Crippen LogP contribution in [0.4, 0.5) is 0 Å². The molecule has 4 unspecified atom stereocenters. The van der Waals surface area contributed by atoms with Gasteiger partial charge in [0.25, 0.3) is 0 Å². The van der Waals surface area contributed by atoms with Crippen molar-refractivity contribution >= 4 is 11.9 Å². The molecule has 2 aliphatic carbocycles. The Morgan fingerprint density at radius 1 is 1.46 bits per heavy atom. The summed E-state index contributed by atoms with van der Waals surface area (Å²) in [7, 11) is 0. The molecule has 72 valence electrons. The topological polar surface area (TPSA) is 15.5 Å². The fourth-order valence-electron chi connectivity index (χ4n) is 4.24. The van der Waals surface area contributed by atoms with Crippen molar-refractivity contribution < 1.29 is 4.84 Å². The Labute approximate surface area is 83.1 Å². The Balaban J connectivity index is 1.95. The summed E-state index contributed by atoms with van der Waals surface area (Å²) in [4.78, 5) is 5.82. The van der Waals surface area contributed by atoms with Crippen LogP contribution in [0.15, 0.2) is 0 Å². The molecule has 2 nitrogen and oxygen atoms in total. The lowest BCUT2D eigenvalue weighted by Crippen LogP contribution is -2.41. The van der Waals surface area contributed by atoms with Crippen molar-refractivity contribution in [2.45, 2.75) is 38.8 Å². The predicted octanol–water partition coefficient (Wildman–Crippen LogP) is 2.42. The third-order valence-corrected chi connectivity index (χ3v) is 6.59. The highest BCUT2D eigenvalue weighted by Gasteiger charge is 2.84.